The van der Waals surface area contributed by atoms with E-state index in [4.69, 9.17) is 9.47 Å². The van der Waals surface area contributed by atoms with Crippen LogP contribution in [0.4, 0.5) is 0 Å². The van der Waals surface area contributed by atoms with Crippen LogP contribution in [0.5, 0.6) is 17.2 Å². The number of amides is 1. The van der Waals surface area contributed by atoms with Crippen molar-refractivity contribution in [3.8, 4) is 17.2 Å². The maximum Gasteiger partial charge on any atom is 0.276 e. The maximum atomic E-state index is 11.7. The molecule has 0 fully saturated rings. The standard InChI is InChI=1S/C16H14N4O3/c21-16(19-20-11-17-18-12-20)10-22-14-7-4-8-15(9-14)23-13-5-2-1-3-6-13/h1-9,11-12H,10H2,(H,19,21). The molecule has 0 bridgehead atoms. The molecule has 0 atom stereocenters. The van der Waals surface area contributed by atoms with Gasteiger partial charge in [-0.15, -0.1) is 10.2 Å². The molecule has 1 N–H and O–H groups in total. The average molecular weight is 310 g/mol. The number of nitrogens with one attached hydrogen (secondary N) is 1. The zero-order chi connectivity index (χ0) is 15.9. The third kappa shape index (κ3) is 4.31. The van der Waals surface area contributed by atoms with E-state index in [1.807, 2.05) is 36.4 Å². The van der Waals surface area contributed by atoms with Crippen LogP contribution in [0.2, 0.25) is 0 Å². The zero-order valence-electron chi connectivity index (χ0n) is 12.1. The van der Waals surface area contributed by atoms with Crippen molar-refractivity contribution in [2.75, 3.05) is 12.0 Å². The van der Waals surface area contributed by atoms with Gasteiger partial charge in [-0.3, -0.25) is 10.2 Å². The Kier molecular flexibility index (Phi) is 4.49. The lowest BCUT2D eigenvalue weighted by atomic mass is 10.3. The number of hydrogen-bond donors (Lipinski definition) is 1. The molecule has 1 amide bonds. The van der Waals surface area contributed by atoms with Crippen LogP contribution in [0.1, 0.15) is 0 Å². The van der Waals surface area contributed by atoms with Crippen molar-refractivity contribution in [3.05, 3.63) is 67.3 Å². The number of rotatable bonds is 6. The summed E-state index contributed by atoms with van der Waals surface area (Å²) in [4.78, 5) is 11.7. The van der Waals surface area contributed by atoms with Gasteiger partial charge in [0.2, 0.25) is 0 Å². The molecule has 7 nitrogen and oxygen atoms in total. The van der Waals surface area contributed by atoms with Gasteiger partial charge in [0.25, 0.3) is 5.91 Å². The van der Waals surface area contributed by atoms with Crippen LogP contribution in [0, 0.1) is 0 Å². The van der Waals surface area contributed by atoms with E-state index in [1.165, 1.54) is 17.3 Å². The minimum absolute atomic E-state index is 0.132. The van der Waals surface area contributed by atoms with Crippen LogP contribution < -0.4 is 14.9 Å². The third-order valence-electron chi connectivity index (χ3n) is 2.83. The summed E-state index contributed by atoms with van der Waals surface area (Å²) in [6.45, 7) is -0.132. The van der Waals surface area contributed by atoms with E-state index in [0.717, 1.165) is 5.75 Å². The van der Waals surface area contributed by atoms with Gasteiger partial charge in [0.05, 0.1) is 0 Å². The highest BCUT2D eigenvalue weighted by molar-refractivity contribution is 5.84. The van der Waals surface area contributed by atoms with E-state index >= 15 is 0 Å². The number of aromatic nitrogens is 3. The number of ether oxygens (including phenoxy) is 2. The fourth-order valence-corrected chi connectivity index (χ4v) is 1.84. The van der Waals surface area contributed by atoms with E-state index in [-0.39, 0.29) is 12.5 Å². The first-order valence-corrected chi connectivity index (χ1v) is 6.90. The zero-order valence-corrected chi connectivity index (χ0v) is 12.1. The van der Waals surface area contributed by atoms with E-state index in [2.05, 4.69) is 15.6 Å². The second-order valence-electron chi connectivity index (χ2n) is 4.58. The van der Waals surface area contributed by atoms with E-state index in [9.17, 15) is 4.79 Å². The molecule has 0 saturated carbocycles. The molecule has 0 saturated heterocycles. The Hall–Kier alpha value is -3.35. The van der Waals surface area contributed by atoms with Crippen molar-refractivity contribution >= 4 is 5.91 Å². The SMILES string of the molecule is O=C(COc1cccc(Oc2ccccc2)c1)Nn1cnnc1. The Morgan fingerprint density at radius 1 is 0.957 bits per heavy atom. The van der Waals surface area contributed by atoms with Crippen LogP contribution in [-0.2, 0) is 4.79 Å². The quantitative estimate of drug-likeness (QED) is 0.755. The van der Waals surface area contributed by atoms with Gasteiger partial charge in [0, 0.05) is 6.07 Å². The Bertz CT molecular complexity index is 760. The lowest BCUT2D eigenvalue weighted by Gasteiger charge is -2.09. The molecular formula is C16H14N4O3. The molecule has 0 spiro atoms. The molecule has 3 rings (SSSR count). The smallest absolute Gasteiger partial charge is 0.276 e. The molecule has 1 aromatic heterocycles. The fraction of sp³-hybridized carbons (Fsp3) is 0.0625. The van der Waals surface area contributed by atoms with Crippen molar-refractivity contribution in [2.24, 2.45) is 0 Å². The highest BCUT2D eigenvalue weighted by Crippen LogP contribution is 2.24. The van der Waals surface area contributed by atoms with Gasteiger partial charge in [-0.25, -0.2) is 4.68 Å². The van der Waals surface area contributed by atoms with Crippen LogP contribution in [0.3, 0.4) is 0 Å². The van der Waals surface area contributed by atoms with Gasteiger partial charge in [-0.2, -0.15) is 0 Å². The normalized spacial score (nSPS) is 10.1. The molecule has 0 aliphatic rings. The van der Waals surface area contributed by atoms with Crippen LogP contribution in [0.25, 0.3) is 0 Å². The molecule has 116 valence electrons. The topological polar surface area (TPSA) is 78.3 Å². The molecular weight excluding hydrogens is 296 g/mol. The van der Waals surface area contributed by atoms with Crippen molar-refractivity contribution < 1.29 is 14.3 Å². The number of carbonyl (C=O) groups excluding carboxylic acids is 1. The minimum atomic E-state index is -0.320. The second-order valence-corrected chi connectivity index (χ2v) is 4.58. The minimum Gasteiger partial charge on any atom is -0.484 e. The van der Waals surface area contributed by atoms with Gasteiger partial charge in [-0.05, 0) is 24.3 Å². The summed E-state index contributed by atoms with van der Waals surface area (Å²) in [6.07, 6.45) is 2.76. The lowest BCUT2D eigenvalue weighted by Crippen LogP contribution is -2.26. The summed E-state index contributed by atoms with van der Waals surface area (Å²) < 4.78 is 12.5. The molecule has 7 heteroatoms. The Morgan fingerprint density at radius 2 is 1.65 bits per heavy atom. The molecule has 0 radical (unpaired) electrons. The van der Waals surface area contributed by atoms with Gasteiger partial charge in [-0.1, -0.05) is 24.3 Å². The van der Waals surface area contributed by atoms with Gasteiger partial charge < -0.3 is 9.47 Å². The van der Waals surface area contributed by atoms with Crippen LogP contribution in [-0.4, -0.2) is 27.4 Å². The first-order valence-electron chi connectivity index (χ1n) is 6.90. The number of carbonyl (C=O) groups is 1. The largest absolute Gasteiger partial charge is 0.484 e. The summed E-state index contributed by atoms with van der Waals surface area (Å²) in [5, 5.41) is 7.17. The van der Waals surface area contributed by atoms with Crippen molar-refractivity contribution in [1.82, 2.24) is 14.9 Å². The molecule has 2 aromatic carbocycles. The number of nitrogens with zero attached hydrogens (tertiary/aromatic N) is 3. The average Bonchev–Trinajstić information content (AvgIpc) is 3.07. The monoisotopic (exact) mass is 310 g/mol. The van der Waals surface area contributed by atoms with Crippen molar-refractivity contribution in [1.29, 1.82) is 0 Å². The van der Waals surface area contributed by atoms with Crippen LogP contribution >= 0.6 is 0 Å². The number of para-hydroxylation sites is 1. The summed E-state index contributed by atoms with van der Waals surface area (Å²) >= 11 is 0. The molecule has 23 heavy (non-hydrogen) atoms. The molecule has 3 aromatic rings. The summed E-state index contributed by atoms with van der Waals surface area (Å²) in [5.41, 5.74) is 2.54. The van der Waals surface area contributed by atoms with E-state index in [0.29, 0.717) is 11.5 Å². The van der Waals surface area contributed by atoms with Gasteiger partial charge in [0.15, 0.2) is 6.61 Å². The first kappa shape index (κ1) is 14.6. The summed E-state index contributed by atoms with van der Waals surface area (Å²) in [6, 6.07) is 16.5. The second kappa shape index (κ2) is 7.08. The Balaban J connectivity index is 1.56. The number of hydrogen-bond acceptors (Lipinski definition) is 5. The van der Waals surface area contributed by atoms with Crippen LogP contribution in [0.15, 0.2) is 67.3 Å². The summed E-state index contributed by atoms with van der Waals surface area (Å²) in [5.74, 6) is 1.58. The highest BCUT2D eigenvalue weighted by atomic mass is 16.5. The maximum absolute atomic E-state index is 11.7. The fourth-order valence-electron chi connectivity index (χ4n) is 1.84. The van der Waals surface area contributed by atoms with Gasteiger partial charge in [0.1, 0.15) is 29.9 Å². The Morgan fingerprint density at radius 3 is 2.43 bits per heavy atom. The van der Waals surface area contributed by atoms with Crippen molar-refractivity contribution in [3.63, 3.8) is 0 Å². The van der Waals surface area contributed by atoms with Gasteiger partial charge >= 0.3 is 0 Å². The third-order valence-corrected chi connectivity index (χ3v) is 2.83. The predicted molar refractivity (Wildman–Crippen MR) is 82.8 cm³/mol. The predicted octanol–water partition coefficient (Wildman–Crippen LogP) is 2.22. The lowest BCUT2D eigenvalue weighted by molar-refractivity contribution is -0.119. The Labute approximate surface area is 132 Å². The first-order chi connectivity index (χ1) is 11.3. The highest BCUT2D eigenvalue weighted by Gasteiger charge is 2.05. The molecule has 1 heterocycles. The molecule has 0 aliphatic carbocycles. The van der Waals surface area contributed by atoms with Crippen molar-refractivity contribution in [2.45, 2.75) is 0 Å². The van der Waals surface area contributed by atoms with E-state index in [1.54, 1.807) is 18.2 Å². The summed E-state index contributed by atoms with van der Waals surface area (Å²) in [7, 11) is 0. The number of benzene rings is 2. The molecule has 0 aliphatic heterocycles. The molecule has 0 unspecified atom stereocenters. The van der Waals surface area contributed by atoms with E-state index < -0.39 is 0 Å².